The highest BCUT2D eigenvalue weighted by Gasteiger charge is 2.24. The van der Waals surface area contributed by atoms with Gasteiger partial charge in [-0.1, -0.05) is 0 Å². The van der Waals surface area contributed by atoms with Gasteiger partial charge >= 0.3 is 11.9 Å². The predicted molar refractivity (Wildman–Crippen MR) is 82.1 cm³/mol. The summed E-state index contributed by atoms with van der Waals surface area (Å²) in [5.41, 5.74) is 5.23. The molecule has 0 heterocycles. The third-order valence-corrected chi connectivity index (χ3v) is 2.99. The maximum atomic E-state index is 11.9. The first kappa shape index (κ1) is 22.3. The van der Waals surface area contributed by atoms with E-state index in [0.717, 1.165) is 0 Å². The third-order valence-electron chi connectivity index (χ3n) is 2.99. The van der Waals surface area contributed by atoms with E-state index in [-0.39, 0.29) is 6.42 Å². The predicted octanol–water partition coefficient (Wildman–Crippen LogP) is -3.64. The third kappa shape index (κ3) is 9.22. The molecule has 0 aromatic rings. The average Bonchev–Trinajstić information content (AvgIpc) is 2.54. The molecule has 0 bridgehead atoms. The molecule has 0 radical (unpaired) electrons. The number of carboxylic acid groups (broad SMARTS) is 2. The largest absolute Gasteiger partial charge is 0.481 e. The Bertz CT molecular complexity index is 524. The van der Waals surface area contributed by atoms with Crippen LogP contribution in [0.25, 0.3) is 0 Å². The Morgan fingerprint density at radius 3 is 2.12 bits per heavy atom. The fraction of sp³-hybridized carbons (Fsp3) is 0.615. The molecule has 0 aliphatic carbocycles. The van der Waals surface area contributed by atoms with E-state index < -0.39 is 67.4 Å². The molecule has 0 spiro atoms. The van der Waals surface area contributed by atoms with Crippen molar-refractivity contribution in [3.8, 4) is 0 Å². The number of aliphatic hydroxyl groups excluding tert-OH is 1. The lowest BCUT2D eigenvalue weighted by Gasteiger charge is -2.18. The van der Waals surface area contributed by atoms with Crippen LogP contribution < -0.4 is 21.7 Å². The fourth-order valence-corrected chi connectivity index (χ4v) is 1.56. The summed E-state index contributed by atoms with van der Waals surface area (Å²) in [6, 6.07) is -3.72. The van der Waals surface area contributed by atoms with E-state index >= 15 is 0 Å². The lowest BCUT2D eigenvalue weighted by molar-refractivity contribution is -0.143. The fourth-order valence-electron chi connectivity index (χ4n) is 1.56. The van der Waals surface area contributed by atoms with Crippen LogP contribution in [0.4, 0.5) is 0 Å². The topological polar surface area (TPSA) is 208 Å². The van der Waals surface area contributed by atoms with Crippen molar-refractivity contribution in [2.45, 2.75) is 37.9 Å². The van der Waals surface area contributed by atoms with Gasteiger partial charge in [0.15, 0.2) is 0 Å². The van der Waals surface area contributed by atoms with E-state index in [0.29, 0.717) is 0 Å². The zero-order chi connectivity index (χ0) is 19.6. The van der Waals surface area contributed by atoms with Crippen molar-refractivity contribution in [3.05, 3.63) is 0 Å². The summed E-state index contributed by atoms with van der Waals surface area (Å²) in [6.45, 7) is 0.190. The molecule has 25 heavy (non-hydrogen) atoms. The minimum Gasteiger partial charge on any atom is -0.481 e. The number of aliphatic hydroxyl groups is 1. The summed E-state index contributed by atoms with van der Waals surface area (Å²) in [4.78, 5) is 56.2. The van der Waals surface area contributed by atoms with Gasteiger partial charge in [0.2, 0.25) is 17.7 Å². The van der Waals surface area contributed by atoms with Gasteiger partial charge in [0.25, 0.3) is 0 Å². The van der Waals surface area contributed by atoms with Crippen LogP contribution in [-0.4, -0.2) is 76.3 Å². The van der Waals surface area contributed by atoms with Gasteiger partial charge in [-0.05, 0) is 13.3 Å². The molecule has 3 atom stereocenters. The summed E-state index contributed by atoms with van der Waals surface area (Å²) < 4.78 is 0. The Labute approximate surface area is 142 Å². The molecule has 12 heteroatoms. The molecule has 0 rings (SSSR count). The zero-order valence-electron chi connectivity index (χ0n) is 13.5. The van der Waals surface area contributed by atoms with Crippen LogP contribution in [0.3, 0.4) is 0 Å². The lowest BCUT2D eigenvalue weighted by Crippen LogP contribution is -2.52. The number of nitrogens with two attached hydrogens (primary N) is 1. The second-order valence-corrected chi connectivity index (χ2v) is 5.13. The minimum absolute atomic E-state index is 0.313. The number of nitrogens with one attached hydrogen (secondary N) is 3. The number of carbonyl (C=O) groups excluding carboxylic acids is 3. The quantitative estimate of drug-likeness (QED) is 0.193. The van der Waals surface area contributed by atoms with Gasteiger partial charge < -0.3 is 37.0 Å². The molecule has 0 aromatic carbocycles. The molecule has 0 aromatic heterocycles. The van der Waals surface area contributed by atoms with E-state index in [1.54, 1.807) is 0 Å². The Hall–Kier alpha value is -2.73. The standard InChI is InChI=1S/C13H22N4O8/c1-6(16-9(19)4-15-12(23)7(14)5-18)11(22)17-8(13(24)25)2-3-10(20)21/h6-8,18H,2-5,14H2,1H3,(H,15,23)(H,16,19)(H,17,22)(H,20,21)(H,24,25). The summed E-state index contributed by atoms with van der Waals surface area (Å²) in [7, 11) is 0. The van der Waals surface area contributed by atoms with Crippen LogP contribution in [0, 0.1) is 0 Å². The Balaban J connectivity index is 4.43. The van der Waals surface area contributed by atoms with Gasteiger partial charge in [-0.25, -0.2) is 4.79 Å². The van der Waals surface area contributed by atoms with Crippen LogP contribution in [0.1, 0.15) is 19.8 Å². The van der Waals surface area contributed by atoms with Crippen LogP contribution in [0.15, 0.2) is 0 Å². The van der Waals surface area contributed by atoms with Crippen LogP contribution in [-0.2, 0) is 24.0 Å². The van der Waals surface area contributed by atoms with Gasteiger partial charge in [-0.2, -0.15) is 0 Å². The average molecular weight is 362 g/mol. The highest BCUT2D eigenvalue weighted by atomic mass is 16.4. The number of aliphatic carboxylic acids is 2. The smallest absolute Gasteiger partial charge is 0.326 e. The number of carboxylic acids is 2. The Morgan fingerprint density at radius 1 is 1.04 bits per heavy atom. The van der Waals surface area contributed by atoms with Gasteiger partial charge in [-0.3, -0.25) is 19.2 Å². The van der Waals surface area contributed by atoms with Crippen molar-refractivity contribution in [1.82, 2.24) is 16.0 Å². The molecule has 8 N–H and O–H groups in total. The minimum atomic E-state index is -1.41. The second-order valence-electron chi connectivity index (χ2n) is 5.13. The van der Waals surface area contributed by atoms with E-state index in [1.807, 2.05) is 0 Å². The van der Waals surface area contributed by atoms with Gasteiger partial charge in [0.1, 0.15) is 18.1 Å². The van der Waals surface area contributed by atoms with Crippen molar-refractivity contribution in [1.29, 1.82) is 0 Å². The molecule has 0 aliphatic rings. The van der Waals surface area contributed by atoms with Crippen LogP contribution in [0.5, 0.6) is 0 Å². The molecule has 3 amide bonds. The molecule has 0 fully saturated rings. The van der Waals surface area contributed by atoms with Gasteiger partial charge in [0.05, 0.1) is 13.2 Å². The Morgan fingerprint density at radius 2 is 1.64 bits per heavy atom. The maximum Gasteiger partial charge on any atom is 0.326 e. The molecule has 142 valence electrons. The van der Waals surface area contributed by atoms with Crippen molar-refractivity contribution in [2.24, 2.45) is 5.73 Å². The number of hydrogen-bond donors (Lipinski definition) is 7. The molecule has 0 saturated heterocycles. The molecule has 3 unspecified atom stereocenters. The van der Waals surface area contributed by atoms with Crippen LogP contribution >= 0.6 is 0 Å². The first-order valence-corrected chi connectivity index (χ1v) is 7.27. The van der Waals surface area contributed by atoms with E-state index in [2.05, 4.69) is 16.0 Å². The number of amides is 3. The monoisotopic (exact) mass is 362 g/mol. The number of hydrogen-bond acceptors (Lipinski definition) is 7. The van der Waals surface area contributed by atoms with E-state index in [9.17, 15) is 24.0 Å². The lowest BCUT2D eigenvalue weighted by atomic mass is 10.1. The SMILES string of the molecule is CC(NC(=O)CNC(=O)C(N)CO)C(=O)NC(CCC(=O)O)C(=O)O. The van der Waals surface area contributed by atoms with E-state index in [4.69, 9.17) is 21.1 Å². The molecule has 0 saturated carbocycles. The number of rotatable bonds is 11. The number of carbonyl (C=O) groups is 5. The maximum absolute atomic E-state index is 11.9. The van der Waals surface area contributed by atoms with Crippen molar-refractivity contribution in [3.63, 3.8) is 0 Å². The molecular weight excluding hydrogens is 340 g/mol. The highest BCUT2D eigenvalue weighted by Crippen LogP contribution is 1.99. The van der Waals surface area contributed by atoms with Crippen molar-refractivity contribution in [2.75, 3.05) is 13.2 Å². The highest BCUT2D eigenvalue weighted by molar-refractivity contribution is 5.92. The second kappa shape index (κ2) is 10.9. The summed E-state index contributed by atoms with van der Waals surface area (Å²) in [5, 5.41) is 32.6. The van der Waals surface area contributed by atoms with Gasteiger partial charge in [0, 0.05) is 6.42 Å². The summed E-state index contributed by atoms with van der Waals surface area (Å²) in [5.74, 6) is -4.94. The molecular formula is C13H22N4O8. The molecule has 0 aliphatic heterocycles. The summed E-state index contributed by atoms with van der Waals surface area (Å²) in [6.07, 6.45) is -0.763. The van der Waals surface area contributed by atoms with E-state index in [1.165, 1.54) is 6.92 Å². The Kier molecular flexibility index (Phi) is 9.74. The van der Waals surface area contributed by atoms with Crippen molar-refractivity contribution < 1.29 is 39.3 Å². The van der Waals surface area contributed by atoms with Crippen molar-refractivity contribution >= 4 is 29.7 Å². The zero-order valence-corrected chi connectivity index (χ0v) is 13.5. The van der Waals surface area contributed by atoms with Crippen LogP contribution in [0.2, 0.25) is 0 Å². The van der Waals surface area contributed by atoms with Gasteiger partial charge in [-0.15, -0.1) is 0 Å². The normalized spacial score (nSPS) is 13.9. The first-order chi connectivity index (χ1) is 11.6. The summed E-state index contributed by atoms with van der Waals surface area (Å²) >= 11 is 0. The molecule has 12 nitrogen and oxygen atoms in total. The first-order valence-electron chi connectivity index (χ1n) is 7.27.